The van der Waals surface area contributed by atoms with Gasteiger partial charge in [-0.1, -0.05) is 12.8 Å². The van der Waals surface area contributed by atoms with Crippen molar-refractivity contribution < 1.29 is 13.2 Å². The van der Waals surface area contributed by atoms with Crippen molar-refractivity contribution in [3.63, 3.8) is 0 Å². The number of nitriles is 1. The molecule has 0 atom stereocenters. The number of benzene rings is 1. The molecule has 0 saturated carbocycles. The molecule has 1 saturated heterocycles. The maximum atomic E-state index is 12.9. The van der Waals surface area contributed by atoms with Gasteiger partial charge in [-0.25, -0.2) is 8.42 Å². The van der Waals surface area contributed by atoms with Gasteiger partial charge in [0.05, 0.1) is 10.5 Å². The van der Waals surface area contributed by atoms with Gasteiger partial charge in [-0.15, -0.1) is 11.3 Å². The van der Waals surface area contributed by atoms with E-state index in [1.54, 1.807) is 4.31 Å². The highest BCUT2D eigenvalue weighted by molar-refractivity contribution is 7.89. The van der Waals surface area contributed by atoms with E-state index in [4.69, 9.17) is 0 Å². The third-order valence-corrected chi connectivity index (χ3v) is 8.95. The van der Waals surface area contributed by atoms with E-state index in [1.807, 2.05) is 7.05 Å². The summed E-state index contributed by atoms with van der Waals surface area (Å²) < 4.78 is 27.4. The number of thiophene rings is 1. The van der Waals surface area contributed by atoms with Crippen LogP contribution in [0.4, 0.5) is 5.00 Å². The van der Waals surface area contributed by atoms with Crippen LogP contribution < -0.4 is 5.32 Å². The number of carbonyl (C=O) groups excluding carboxylic acids is 1. The van der Waals surface area contributed by atoms with Crippen molar-refractivity contribution in [3.8, 4) is 6.07 Å². The number of hydrogen-bond acceptors (Lipinski definition) is 6. The quantitative estimate of drug-likeness (QED) is 0.758. The minimum Gasteiger partial charge on any atom is -0.312 e. The molecule has 0 aliphatic carbocycles. The van der Waals surface area contributed by atoms with Gasteiger partial charge in [0.25, 0.3) is 5.91 Å². The Morgan fingerprint density at radius 3 is 2.42 bits per heavy atom. The summed E-state index contributed by atoms with van der Waals surface area (Å²) in [6.45, 7) is 2.74. The first kappa shape index (κ1) is 22.0. The molecule has 0 radical (unpaired) electrons. The number of nitrogens with zero attached hydrogens (tertiary/aromatic N) is 3. The van der Waals surface area contributed by atoms with Crippen molar-refractivity contribution in [1.29, 1.82) is 5.26 Å². The maximum Gasteiger partial charge on any atom is 0.256 e. The van der Waals surface area contributed by atoms with Gasteiger partial charge < -0.3 is 10.2 Å². The Balaban J connectivity index is 1.51. The van der Waals surface area contributed by atoms with Crippen LogP contribution in [0.1, 0.15) is 52.0 Å². The van der Waals surface area contributed by atoms with Gasteiger partial charge in [0.2, 0.25) is 10.0 Å². The molecule has 1 amide bonds. The fourth-order valence-corrected chi connectivity index (χ4v) is 6.91. The topological polar surface area (TPSA) is 93.5 Å². The molecule has 0 unspecified atom stereocenters. The van der Waals surface area contributed by atoms with Crippen LogP contribution in [0.2, 0.25) is 0 Å². The summed E-state index contributed by atoms with van der Waals surface area (Å²) in [6, 6.07) is 8.30. The molecule has 9 heteroatoms. The minimum atomic E-state index is -3.55. The SMILES string of the molecule is CN1CCc2c(sc(NC(=O)c3ccc(S(=O)(=O)N4CCCCCC4)cc3)c2C#N)C1. The zero-order valence-corrected chi connectivity index (χ0v) is 19.2. The van der Waals surface area contributed by atoms with E-state index < -0.39 is 10.0 Å². The predicted molar refractivity (Wildman–Crippen MR) is 121 cm³/mol. The lowest BCUT2D eigenvalue weighted by Gasteiger charge is -2.21. The van der Waals surface area contributed by atoms with Gasteiger partial charge in [0.15, 0.2) is 0 Å². The molecule has 2 aliphatic heterocycles. The zero-order chi connectivity index (χ0) is 22.0. The number of rotatable bonds is 4. The number of likely N-dealkylation sites (N-methyl/N-ethyl adjacent to an activating group) is 1. The van der Waals surface area contributed by atoms with Crippen molar-refractivity contribution >= 4 is 32.3 Å². The van der Waals surface area contributed by atoms with E-state index >= 15 is 0 Å². The number of amides is 1. The van der Waals surface area contributed by atoms with Crippen molar-refractivity contribution in [2.75, 3.05) is 32.0 Å². The highest BCUT2D eigenvalue weighted by Gasteiger charge is 2.26. The van der Waals surface area contributed by atoms with Crippen molar-refractivity contribution in [1.82, 2.24) is 9.21 Å². The number of nitrogens with one attached hydrogen (secondary N) is 1. The Kier molecular flexibility index (Phi) is 6.44. The fourth-order valence-electron chi connectivity index (χ4n) is 4.12. The summed E-state index contributed by atoms with van der Waals surface area (Å²) in [5.74, 6) is -0.345. The van der Waals surface area contributed by atoms with Crippen molar-refractivity contribution in [3.05, 3.63) is 45.8 Å². The minimum absolute atomic E-state index is 0.207. The first-order chi connectivity index (χ1) is 14.9. The Morgan fingerprint density at radius 2 is 1.77 bits per heavy atom. The Labute approximate surface area is 187 Å². The van der Waals surface area contributed by atoms with E-state index in [-0.39, 0.29) is 10.8 Å². The van der Waals surface area contributed by atoms with Gasteiger partial charge >= 0.3 is 0 Å². The lowest BCUT2D eigenvalue weighted by Crippen LogP contribution is -2.31. The number of carbonyl (C=O) groups is 1. The number of fused-ring (bicyclic) bond motifs is 1. The van der Waals surface area contributed by atoms with Crippen LogP contribution >= 0.6 is 11.3 Å². The van der Waals surface area contributed by atoms with E-state index in [2.05, 4.69) is 16.3 Å². The van der Waals surface area contributed by atoms with Crippen LogP contribution in [-0.4, -0.2) is 50.2 Å². The van der Waals surface area contributed by atoms with Crippen molar-refractivity contribution in [2.24, 2.45) is 0 Å². The molecule has 1 fully saturated rings. The smallest absolute Gasteiger partial charge is 0.256 e. The monoisotopic (exact) mass is 458 g/mol. The standard InChI is InChI=1S/C22H26N4O3S2/c1-25-13-10-18-19(14-23)22(30-20(18)15-25)24-21(27)16-6-8-17(9-7-16)31(28,29)26-11-4-2-3-5-12-26/h6-9H,2-5,10-13,15H2,1H3,(H,24,27). The second-order valence-corrected chi connectivity index (χ2v) is 11.1. The highest BCUT2D eigenvalue weighted by atomic mass is 32.2. The summed E-state index contributed by atoms with van der Waals surface area (Å²) in [6.07, 6.45) is 4.66. The average Bonchev–Trinajstić information content (AvgIpc) is 2.92. The molecule has 3 heterocycles. The molecule has 2 aliphatic rings. The Morgan fingerprint density at radius 1 is 1.10 bits per heavy atom. The lowest BCUT2D eigenvalue weighted by molar-refractivity contribution is 0.102. The number of hydrogen-bond donors (Lipinski definition) is 1. The fraction of sp³-hybridized carbons (Fsp3) is 0.455. The molecular weight excluding hydrogens is 432 g/mol. The second-order valence-electron chi connectivity index (χ2n) is 8.10. The van der Waals surface area contributed by atoms with E-state index in [9.17, 15) is 18.5 Å². The zero-order valence-electron chi connectivity index (χ0n) is 17.6. The maximum absolute atomic E-state index is 12.9. The van der Waals surface area contributed by atoms with Crippen LogP contribution in [0.25, 0.3) is 0 Å². The van der Waals surface area contributed by atoms with Gasteiger partial charge in [-0.2, -0.15) is 9.57 Å². The third-order valence-electron chi connectivity index (χ3n) is 5.91. The largest absolute Gasteiger partial charge is 0.312 e. The van der Waals surface area contributed by atoms with Gasteiger partial charge in [0.1, 0.15) is 11.1 Å². The van der Waals surface area contributed by atoms with Gasteiger partial charge in [-0.3, -0.25) is 4.79 Å². The predicted octanol–water partition coefficient (Wildman–Crippen LogP) is 3.42. The van der Waals surface area contributed by atoms with Gasteiger partial charge in [0, 0.05) is 36.6 Å². The molecule has 164 valence electrons. The first-order valence-electron chi connectivity index (χ1n) is 10.5. The molecule has 4 rings (SSSR count). The third kappa shape index (κ3) is 4.53. The molecule has 7 nitrogen and oxygen atoms in total. The molecule has 0 spiro atoms. The molecular formula is C22H26N4O3S2. The van der Waals surface area contributed by atoms with Crippen molar-refractivity contribution in [2.45, 2.75) is 43.5 Å². The summed E-state index contributed by atoms with van der Waals surface area (Å²) in [5, 5.41) is 13.0. The Bertz CT molecular complexity index is 1110. The Hall–Kier alpha value is -2.25. The van der Waals surface area contributed by atoms with Gasteiger partial charge in [-0.05, 0) is 56.1 Å². The summed E-state index contributed by atoms with van der Waals surface area (Å²) in [4.78, 5) is 16.3. The molecule has 0 bridgehead atoms. The number of anilines is 1. The van der Waals surface area contributed by atoms with E-state index in [1.165, 1.54) is 35.6 Å². The molecule has 1 aromatic heterocycles. The highest BCUT2D eigenvalue weighted by Crippen LogP contribution is 2.36. The lowest BCUT2D eigenvalue weighted by atomic mass is 10.0. The molecule has 1 aromatic carbocycles. The van der Waals surface area contributed by atoms with E-state index in [0.29, 0.717) is 29.2 Å². The molecule has 31 heavy (non-hydrogen) atoms. The second kappa shape index (κ2) is 9.09. The number of sulfonamides is 1. The molecule has 1 N–H and O–H groups in total. The van der Waals surface area contributed by atoms with Crippen LogP contribution in [0, 0.1) is 11.3 Å². The average molecular weight is 459 g/mol. The van der Waals surface area contributed by atoms with E-state index in [0.717, 1.165) is 55.6 Å². The summed E-state index contributed by atoms with van der Waals surface area (Å²) in [7, 11) is -1.51. The summed E-state index contributed by atoms with van der Waals surface area (Å²) in [5.41, 5.74) is 1.93. The van der Waals surface area contributed by atoms with Crippen LogP contribution in [0.15, 0.2) is 29.2 Å². The van der Waals surface area contributed by atoms with Crippen LogP contribution in [0.3, 0.4) is 0 Å². The van der Waals surface area contributed by atoms with Crippen LogP contribution in [0.5, 0.6) is 0 Å². The summed E-state index contributed by atoms with van der Waals surface area (Å²) >= 11 is 1.44. The van der Waals surface area contributed by atoms with Crippen LogP contribution in [-0.2, 0) is 23.0 Å². The molecule has 2 aromatic rings. The normalized spacial score (nSPS) is 18.1. The first-order valence-corrected chi connectivity index (χ1v) is 12.8.